The van der Waals surface area contributed by atoms with Gasteiger partial charge in [-0.3, -0.25) is 9.78 Å². The number of H-pyrrole nitrogens is 2. The van der Waals surface area contributed by atoms with Crippen LogP contribution >= 0.6 is 0 Å². The molecule has 2 aromatic rings. The van der Waals surface area contributed by atoms with Crippen molar-refractivity contribution in [1.82, 2.24) is 20.2 Å². The molecule has 0 amide bonds. The van der Waals surface area contributed by atoms with Crippen molar-refractivity contribution in [3.8, 4) is 0 Å². The van der Waals surface area contributed by atoms with Gasteiger partial charge in [0.05, 0.1) is 5.69 Å². The molecule has 0 aliphatic rings. The van der Waals surface area contributed by atoms with Crippen LogP contribution in [0, 0.1) is 12.7 Å². The monoisotopic (exact) mass is 196 g/mol. The fraction of sp³-hybridized carbons (Fsp3) is 0.143. The number of aromatic amines is 2. The van der Waals surface area contributed by atoms with Gasteiger partial charge in [-0.05, 0) is 6.92 Å². The molecule has 2 heterocycles. The van der Waals surface area contributed by atoms with E-state index in [-0.39, 0.29) is 16.7 Å². The summed E-state index contributed by atoms with van der Waals surface area (Å²) in [6.45, 7) is 1.39. The predicted molar refractivity (Wildman–Crippen MR) is 45.5 cm³/mol. The van der Waals surface area contributed by atoms with Crippen LogP contribution < -0.4 is 11.2 Å². The van der Waals surface area contributed by atoms with Crippen LogP contribution in [0.3, 0.4) is 0 Å². The Kier molecular flexibility index (Phi) is 1.66. The highest BCUT2D eigenvalue weighted by atomic mass is 19.1. The summed E-state index contributed by atoms with van der Waals surface area (Å²) >= 11 is 0. The van der Waals surface area contributed by atoms with E-state index in [4.69, 9.17) is 0 Å². The van der Waals surface area contributed by atoms with E-state index >= 15 is 0 Å². The van der Waals surface area contributed by atoms with Crippen molar-refractivity contribution in [2.45, 2.75) is 6.92 Å². The van der Waals surface area contributed by atoms with E-state index < -0.39 is 17.1 Å². The van der Waals surface area contributed by atoms with Crippen molar-refractivity contribution < 1.29 is 4.39 Å². The topological polar surface area (TPSA) is 91.5 Å². The molecule has 0 aromatic carbocycles. The minimum atomic E-state index is -0.770. The first-order valence-electron chi connectivity index (χ1n) is 3.74. The van der Waals surface area contributed by atoms with Crippen molar-refractivity contribution in [3.63, 3.8) is 0 Å². The lowest BCUT2D eigenvalue weighted by Crippen LogP contribution is -2.23. The van der Waals surface area contributed by atoms with E-state index in [1.54, 1.807) is 0 Å². The number of fused-ring (bicyclic) bond motifs is 1. The second kappa shape index (κ2) is 2.72. The molecule has 7 heteroatoms. The normalized spacial score (nSPS) is 10.7. The van der Waals surface area contributed by atoms with Crippen molar-refractivity contribution in [2.75, 3.05) is 0 Å². The van der Waals surface area contributed by atoms with Crippen LogP contribution in [0.25, 0.3) is 11.0 Å². The van der Waals surface area contributed by atoms with Gasteiger partial charge < -0.3 is 4.98 Å². The van der Waals surface area contributed by atoms with Crippen LogP contribution in [0.1, 0.15) is 5.69 Å². The lowest BCUT2D eigenvalue weighted by Gasteiger charge is -1.97. The number of halogens is 1. The highest BCUT2D eigenvalue weighted by molar-refractivity contribution is 5.72. The summed E-state index contributed by atoms with van der Waals surface area (Å²) in [7, 11) is 0. The Morgan fingerprint density at radius 3 is 2.64 bits per heavy atom. The molecule has 0 saturated carbocycles. The van der Waals surface area contributed by atoms with E-state index in [1.807, 2.05) is 4.98 Å². The average molecular weight is 196 g/mol. The Morgan fingerprint density at radius 1 is 1.21 bits per heavy atom. The maximum Gasteiger partial charge on any atom is 0.326 e. The number of hydrogen-bond acceptors (Lipinski definition) is 4. The Hall–Kier alpha value is -2.05. The highest BCUT2D eigenvalue weighted by Crippen LogP contribution is 2.08. The average Bonchev–Trinajstić information content (AvgIpc) is 2.12. The number of hydrogen-bond donors (Lipinski definition) is 2. The molecule has 2 N–H and O–H groups in total. The van der Waals surface area contributed by atoms with Crippen LogP contribution in [-0.4, -0.2) is 20.2 Å². The van der Waals surface area contributed by atoms with E-state index in [9.17, 15) is 14.0 Å². The standard InChI is InChI=1S/C7H5FN4O2/c1-2-3(8)4-5(12-11-2)6(13)10-7(14)9-4/h1H3,(H2,9,10,13,14). The molecule has 6 nitrogen and oxygen atoms in total. The summed E-state index contributed by atoms with van der Waals surface area (Å²) < 4.78 is 13.3. The Bertz CT molecular complexity index is 615. The molecule has 0 atom stereocenters. The third kappa shape index (κ3) is 1.10. The van der Waals surface area contributed by atoms with E-state index in [1.165, 1.54) is 6.92 Å². The molecule has 0 saturated heterocycles. The van der Waals surface area contributed by atoms with E-state index in [0.29, 0.717) is 0 Å². The van der Waals surface area contributed by atoms with Crippen LogP contribution in [0.5, 0.6) is 0 Å². The Morgan fingerprint density at radius 2 is 1.93 bits per heavy atom. The first kappa shape index (κ1) is 8.54. The second-order valence-corrected chi connectivity index (χ2v) is 2.73. The fourth-order valence-electron chi connectivity index (χ4n) is 1.08. The molecule has 0 bridgehead atoms. The fourth-order valence-corrected chi connectivity index (χ4v) is 1.08. The van der Waals surface area contributed by atoms with Crippen LogP contribution in [0.2, 0.25) is 0 Å². The number of nitrogens with zero attached hydrogens (tertiary/aromatic N) is 2. The quantitative estimate of drug-likeness (QED) is 0.591. The molecule has 14 heavy (non-hydrogen) atoms. The molecule has 2 aromatic heterocycles. The summed E-state index contributed by atoms with van der Waals surface area (Å²) in [5.74, 6) is -0.738. The first-order valence-corrected chi connectivity index (χ1v) is 3.74. The maximum atomic E-state index is 13.3. The molecule has 2 rings (SSSR count). The largest absolute Gasteiger partial charge is 0.326 e. The zero-order valence-corrected chi connectivity index (χ0v) is 7.09. The molecule has 0 aliphatic heterocycles. The zero-order valence-electron chi connectivity index (χ0n) is 7.09. The molecule has 0 aliphatic carbocycles. The minimum absolute atomic E-state index is 0.0266. The smallest absolute Gasteiger partial charge is 0.303 e. The summed E-state index contributed by atoms with van der Waals surface area (Å²) in [6.07, 6.45) is 0. The van der Waals surface area contributed by atoms with Gasteiger partial charge in [-0.1, -0.05) is 0 Å². The van der Waals surface area contributed by atoms with Gasteiger partial charge in [-0.2, -0.15) is 5.10 Å². The molecule has 0 unspecified atom stereocenters. The number of rotatable bonds is 0. The third-order valence-electron chi connectivity index (χ3n) is 1.75. The molecular formula is C7H5FN4O2. The molecule has 0 radical (unpaired) electrons. The lowest BCUT2D eigenvalue weighted by atomic mass is 10.3. The third-order valence-corrected chi connectivity index (χ3v) is 1.75. The Labute approximate surface area is 75.8 Å². The summed E-state index contributed by atoms with van der Waals surface area (Å²) in [5, 5.41) is 6.91. The molecular weight excluding hydrogens is 191 g/mol. The molecule has 0 fully saturated rings. The predicted octanol–water partition coefficient (Wildman–Crippen LogP) is -0.546. The van der Waals surface area contributed by atoms with Gasteiger partial charge in [0, 0.05) is 0 Å². The molecule has 0 spiro atoms. The molecule has 72 valence electrons. The summed E-state index contributed by atoms with van der Waals surface area (Å²) in [6, 6.07) is 0. The summed E-state index contributed by atoms with van der Waals surface area (Å²) in [5.41, 5.74) is -1.93. The zero-order chi connectivity index (χ0) is 10.3. The van der Waals surface area contributed by atoms with Gasteiger partial charge in [0.25, 0.3) is 5.56 Å². The minimum Gasteiger partial charge on any atom is -0.303 e. The Balaban J connectivity index is 3.10. The maximum absolute atomic E-state index is 13.3. The number of aryl methyl sites for hydroxylation is 1. The van der Waals surface area contributed by atoms with Gasteiger partial charge in [-0.25, -0.2) is 9.18 Å². The van der Waals surface area contributed by atoms with Crippen molar-refractivity contribution in [1.29, 1.82) is 0 Å². The van der Waals surface area contributed by atoms with Gasteiger partial charge in [0.1, 0.15) is 5.52 Å². The lowest BCUT2D eigenvalue weighted by molar-refractivity contribution is 0.612. The van der Waals surface area contributed by atoms with E-state index in [2.05, 4.69) is 15.2 Å². The van der Waals surface area contributed by atoms with Gasteiger partial charge in [-0.15, -0.1) is 5.10 Å². The van der Waals surface area contributed by atoms with Crippen molar-refractivity contribution >= 4 is 11.0 Å². The van der Waals surface area contributed by atoms with Gasteiger partial charge in [0.15, 0.2) is 11.3 Å². The second-order valence-electron chi connectivity index (χ2n) is 2.73. The number of nitrogens with one attached hydrogen (secondary N) is 2. The van der Waals surface area contributed by atoms with Crippen LogP contribution in [0.15, 0.2) is 9.59 Å². The van der Waals surface area contributed by atoms with Gasteiger partial charge >= 0.3 is 5.69 Å². The van der Waals surface area contributed by atoms with Crippen molar-refractivity contribution in [2.24, 2.45) is 0 Å². The first-order chi connectivity index (χ1) is 6.59. The number of aromatic nitrogens is 4. The SMILES string of the molecule is Cc1nnc2c(=O)[nH]c(=O)[nH]c2c1F. The van der Waals surface area contributed by atoms with E-state index in [0.717, 1.165) is 0 Å². The van der Waals surface area contributed by atoms with Crippen LogP contribution in [-0.2, 0) is 0 Å². The van der Waals surface area contributed by atoms with Crippen molar-refractivity contribution in [3.05, 3.63) is 32.3 Å². The summed E-state index contributed by atoms with van der Waals surface area (Å²) in [4.78, 5) is 26.0. The highest BCUT2D eigenvalue weighted by Gasteiger charge is 2.10. The van der Waals surface area contributed by atoms with Gasteiger partial charge in [0.2, 0.25) is 0 Å². The van der Waals surface area contributed by atoms with Crippen LogP contribution in [0.4, 0.5) is 4.39 Å².